The summed E-state index contributed by atoms with van der Waals surface area (Å²) in [6.07, 6.45) is -0.151. The molecule has 1 unspecified atom stereocenters. The van der Waals surface area contributed by atoms with Gasteiger partial charge in [0.2, 0.25) is 5.91 Å². The van der Waals surface area contributed by atoms with Crippen LogP contribution in [0, 0.1) is 0 Å². The Hall–Kier alpha value is -3.64. The molecule has 33 heavy (non-hydrogen) atoms. The van der Waals surface area contributed by atoms with Crippen LogP contribution in [0.2, 0.25) is 5.02 Å². The first-order valence-corrected chi connectivity index (χ1v) is 10.8. The summed E-state index contributed by atoms with van der Waals surface area (Å²) in [6.45, 7) is 0. The lowest BCUT2D eigenvalue weighted by atomic mass is 9.72. The number of aliphatic carboxylic acids is 1. The third-order valence-electron chi connectivity index (χ3n) is 6.05. The van der Waals surface area contributed by atoms with E-state index in [9.17, 15) is 19.5 Å². The number of carboxylic acids is 1. The molecule has 0 spiro atoms. The van der Waals surface area contributed by atoms with Gasteiger partial charge in [0.25, 0.3) is 0 Å². The Kier molecular flexibility index (Phi) is 6.20. The van der Waals surface area contributed by atoms with Crippen LogP contribution in [-0.4, -0.2) is 40.9 Å². The molecule has 1 N–H and O–H groups in total. The lowest BCUT2D eigenvalue weighted by Crippen LogP contribution is -2.47. The molecule has 0 aromatic heterocycles. The van der Waals surface area contributed by atoms with E-state index in [-0.39, 0.29) is 12.8 Å². The van der Waals surface area contributed by atoms with E-state index in [0.29, 0.717) is 21.9 Å². The SMILES string of the molecule is CN(C(=O)CC1(c2ccccc2)C(=O)Oc2ccc(Cl)cc21)[C@@H](Cc1ccccc1)C(=O)O. The molecule has 2 atom stereocenters. The topological polar surface area (TPSA) is 83.9 Å². The van der Waals surface area contributed by atoms with Crippen LogP contribution in [0.15, 0.2) is 78.9 Å². The number of fused-ring (bicyclic) bond motifs is 1. The first-order valence-electron chi connectivity index (χ1n) is 10.4. The largest absolute Gasteiger partial charge is 0.480 e. The zero-order valence-electron chi connectivity index (χ0n) is 17.9. The second-order valence-electron chi connectivity index (χ2n) is 8.03. The molecule has 1 aliphatic heterocycles. The second-order valence-corrected chi connectivity index (χ2v) is 8.46. The number of carbonyl (C=O) groups is 3. The predicted molar refractivity (Wildman–Crippen MR) is 123 cm³/mol. The van der Waals surface area contributed by atoms with Crippen molar-refractivity contribution in [3.8, 4) is 5.75 Å². The lowest BCUT2D eigenvalue weighted by Gasteiger charge is -2.31. The van der Waals surface area contributed by atoms with Crippen molar-refractivity contribution in [2.24, 2.45) is 0 Å². The Morgan fingerprint density at radius 3 is 2.30 bits per heavy atom. The molecule has 4 rings (SSSR count). The van der Waals surface area contributed by atoms with Crippen molar-refractivity contribution in [2.75, 3.05) is 7.05 Å². The monoisotopic (exact) mass is 463 g/mol. The van der Waals surface area contributed by atoms with Crippen LogP contribution in [0.1, 0.15) is 23.1 Å². The number of hydrogen-bond donors (Lipinski definition) is 1. The van der Waals surface area contributed by atoms with Crippen molar-refractivity contribution >= 4 is 29.4 Å². The van der Waals surface area contributed by atoms with Gasteiger partial charge in [-0.25, -0.2) is 4.79 Å². The highest BCUT2D eigenvalue weighted by Crippen LogP contribution is 2.48. The Morgan fingerprint density at radius 1 is 1.03 bits per heavy atom. The number of nitrogens with zero attached hydrogens (tertiary/aromatic N) is 1. The summed E-state index contributed by atoms with van der Waals surface area (Å²) >= 11 is 6.23. The molecule has 0 fully saturated rings. The fourth-order valence-corrected chi connectivity index (χ4v) is 4.41. The minimum atomic E-state index is -1.43. The molecule has 0 aliphatic carbocycles. The minimum absolute atomic E-state index is 0.142. The van der Waals surface area contributed by atoms with E-state index >= 15 is 0 Å². The van der Waals surface area contributed by atoms with Crippen LogP contribution in [0.5, 0.6) is 5.75 Å². The number of rotatable bonds is 7. The maximum absolute atomic E-state index is 13.5. The molecule has 1 heterocycles. The average molecular weight is 464 g/mol. The van der Waals surface area contributed by atoms with Gasteiger partial charge in [0.05, 0.1) is 6.42 Å². The molecule has 0 saturated heterocycles. The van der Waals surface area contributed by atoms with Gasteiger partial charge in [0.1, 0.15) is 17.2 Å². The number of amides is 1. The summed E-state index contributed by atoms with van der Waals surface area (Å²) in [4.78, 5) is 40.0. The maximum atomic E-state index is 13.5. The van der Waals surface area contributed by atoms with Gasteiger partial charge in [-0.05, 0) is 29.3 Å². The second kappa shape index (κ2) is 9.08. The third kappa shape index (κ3) is 4.22. The molecule has 6 nitrogen and oxygen atoms in total. The Morgan fingerprint density at radius 2 is 1.67 bits per heavy atom. The van der Waals surface area contributed by atoms with Gasteiger partial charge in [0, 0.05) is 24.1 Å². The predicted octanol–water partition coefficient (Wildman–Crippen LogP) is 4.09. The molecular formula is C26H22ClNO5. The molecule has 168 valence electrons. The van der Waals surface area contributed by atoms with Crippen LogP contribution in [0.25, 0.3) is 0 Å². The average Bonchev–Trinajstić information content (AvgIpc) is 3.09. The van der Waals surface area contributed by atoms with Gasteiger partial charge < -0.3 is 14.7 Å². The van der Waals surface area contributed by atoms with Gasteiger partial charge >= 0.3 is 11.9 Å². The number of hydrogen-bond acceptors (Lipinski definition) is 4. The third-order valence-corrected chi connectivity index (χ3v) is 6.29. The van der Waals surface area contributed by atoms with Gasteiger partial charge in [-0.15, -0.1) is 0 Å². The Balaban J connectivity index is 1.72. The number of ether oxygens (including phenoxy) is 1. The molecular weight excluding hydrogens is 442 g/mol. The number of halogens is 1. The van der Waals surface area contributed by atoms with Crippen LogP contribution in [0.4, 0.5) is 0 Å². The van der Waals surface area contributed by atoms with Crippen molar-refractivity contribution < 1.29 is 24.2 Å². The van der Waals surface area contributed by atoms with E-state index in [1.165, 1.54) is 11.9 Å². The fraction of sp³-hybridized carbons (Fsp3) is 0.192. The summed E-state index contributed by atoms with van der Waals surface area (Å²) in [5.41, 5.74) is 0.429. The van der Waals surface area contributed by atoms with Gasteiger partial charge in [-0.2, -0.15) is 0 Å². The summed E-state index contributed by atoms with van der Waals surface area (Å²) in [7, 11) is 1.45. The van der Waals surface area contributed by atoms with Gasteiger partial charge in [-0.1, -0.05) is 72.3 Å². The Labute approximate surface area is 196 Å². The number of carbonyl (C=O) groups excluding carboxylic acids is 2. The van der Waals surface area contributed by atoms with Crippen LogP contribution < -0.4 is 4.74 Å². The molecule has 1 amide bonds. The molecule has 3 aromatic rings. The van der Waals surface area contributed by atoms with Crippen molar-refractivity contribution in [1.82, 2.24) is 4.90 Å². The quantitative estimate of drug-likeness (QED) is 0.421. The van der Waals surface area contributed by atoms with Crippen LogP contribution in [0.3, 0.4) is 0 Å². The highest BCUT2D eigenvalue weighted by molar-refractivity contribution is 6.30. The molecule has 1 aliphatic rings. The van der Waals surface area contributed by atoms with E-state index in [0.717, 1.165) is 5.56 Å². The zero-order valence-corrected chi connectivity index (χ0v) is 18.7. The number of esters is 1. The van der Waals surface area contributed by atoms with Crippen molar-refractivity contribution in [3.63, 3.8) is 0 Å². The summed E-state index contributed by atoms with van der Waals surface area (Å²) in [5.74, 6) is -1.88. The van der Waals surface area contributed by atoms with E-state index in [1.807, 2.05) is 36.4 Å². The van der Waals surface area contributed by atoms with Crippen molar-refractivity contribution in [1.29, 1.82) is 0 Å². The van der Waals surface area contributed by atoms with Crippen LogP contribution in [-0.2, 0) is 26.2 Å². The van der Waals surface area contributed by atoms with E-state index in [4.69, 9.17) is 16.3 Å². The molecule has 0 saturated carbocycles. The van der Waals surface area contributed by atoms with Gasteiger partial charge in [0.15, 0.2) is 0 Å². The highest BCUT2D eigenvalue weighted by atomic mass is 35.5. The molecule has 0 bridgehead atoms. The lowest BCUT2D eigenvalue weighted by molar-refractivity contribution is -0.150. The summed E-state index contributed by atoms with van der Waals surface area (Å²) < 4.78 is 5.53. The van der Waals surface area contributed by atoms with E-state index < -0.39 is 29.3 Å². The highest BCUT2D eigenvalue weighted by Gasteiger charge is 2.52. The first-order chi connectivity index (χ1) is 15.8. The maximum Gasteiger partial charge on any atom is 0.327 e. The van der Waals surface area contributed by atoms with Crippen molar-refractivity contribution in [2.45, 2.75) is 24.3 Å². The normalized spacial score (nSPS) is 17.7. The number of likely N-dealkylation sites (N-methyl/N-ethyl adjacent to an activating group) is 1. The molecule has 7 heteroatoms. The smallest absolute Gasteiger partial charge is 0.327 e. The molecule has 3 aromatic carbocycles. The molecule has 0 radical (unpaired) electrons. The Bertz CT molecular complexity index is 1200. The van der Waals surface area contributed by atoms with Crippen molar-refractivity contribution in [3.05, 3.63) is 101 Å². The van der Waals surface area contributed by atoms with E-state index in [1.54, 1.807) is 42.5 Å². The number of benzene rings is 3. The van der Waals surface area contributed by atoms with E-state index in [2.05, 4.69) is 0 Å². The zero-order chi connectivity index (χ0) is 23.6. The summed E-state index contributed by atoms with van der Waals surface area (Å²) in [5, 5.41) is 10.2. The standard InChI is InChI=1S/C26H22ClNO5/c1-28(21(24(30)31)14-17-8-4-2-5-9-17)23(29)16-26(18-10-6-3-7-11-18)20-15-19(27)12-13-22(20)33-25(26)32/h2-13,15,21H,14,16H2,1H3,(H,30,31)/t21-,26?/m0/s1. The fourth-order valence-electron chi connectivity index (χ4n) is 4.24. The minimum Gasteiger partial charge on any atom is -0.480 e. The van der Waals surface area contributed by atoms with Gasteiger partial charge in [-0.3, -0.25) is 9.59 Å². The van der Waals surface area contributed by atoms with Crippen LogP contribution >= 0.6 is 11.6 Å². The first kappa shape index (κ1) is 22.6. The summed E-state index contributed by atoms with van der Waals surface area (Å²) in [6, 6.07) is 21.7. The number of carboxylic acid groups (broad SMARTS) is 1.